The Morgan fingerprint density at radius 2 is 2.14 bits per heavy atom. The SMILES string of the molecule is N#Cc1cnccc1NC(=O)Cc1cccc(C(N)=O)c1. The molecule has 6 nitrogen and oxygen atoms in total. The Bertz CT molecular complexity index is 734. The van der Waals surface area contributed by atoms with E-state index < -0.39 is 5.91 Å². The number of aromatic nitrogens is 1. The van der Waals surface area contributed by atoms with Crippen LogP contribution in [-0.4, -0.2) is 16.8 Å². The lowest BCUT2D eigenvalue weighted by atomic mass is 10.1. The summed E-state index contributed by atoms with van der Waals surface area (Å²) in [6, 6.07) is 10.0. The van der Waals surface area contributed by atoms with Crippen LogP contribution >= 0.6 is 0 Å². The number of carbonyl (C=O) groups excluding carboxylic acids is 2. The van der Waals surface area contributed by atoms with Gasteiger partial charge in [0.25, 0.3) is 0 Å². The smallest absolute Gasteiger partial charge is 0.248 e. The van der Waals surface area contributed by atoms with Crippen LogP contribution in [0.1, 0.15) is 21.5 Å². The molecular formula is C15H12N4O2. The van der Waals surface area contributed by atoms with Gasteiger partial charge in [-0.25, -0.2) is 0 Å². The maximum Gasteiger partial charge on any atom is 0.248 e. The third-order valence-corrected chi connectivity index (χ3v) is 2.79. The number of hydrogen-bond donors (Lipinski definition) is 2. The van der Waals surface area contributed by atoms with E-state index in [1.165, 1.54) is 12.4 Å². The third-order valence-electron chi connectivity index (χ3n) is 2.79. The molecule has 0 unspecified atom stereocenters. The Morgan fingerprint density at radius 1 is 1.33 bits per heavy atom. The van der Waals surface area contributed by atoms with Gasteiger partial charge in [-0.2, -0.15) is 5.26 Å². The molecule has 21 heavy (non-hydrogen) atoms. The summed E-state index contributed by atoms with van der Waals surface area (Å²) < 4.78 is 0. The highest BCUT2D eigenvalue weighted by molar-refractivity contribution is 5.95. The van der Waals surface area contributed by atoms with Crippen LogP contribution in [0, 0.1) is 11.3 Å². The number of carbonyl (C=O) groups is 2. The number of nitrogens with one attached hydrogen (secondary N) is 1. The summed E-state index contributed by atoms with van der Waals surface area (Å²) in [5.41, 5.74) is 6.90. The van der Waals surface area contributed by atoms with Crippen LogP contribution < -0.4 is 11.1 Å². The lowest BCUT2D eigenvalue weighted by molar-refractivity contribution is -0.115. The summed E-state index contributed by atoms with van der Waals surface area (Å²) in [5.74, 6) is -0.836. The number of benzene rings is 1. The second-order valence-corrected chi connectivity index (χ2v) is 4.32. The molecule has 3 N–H and O–H groups in total. The molecule has 1 aromatic carbocycles. The highest BCUT2D eigenvalue weighted by Crippen LogP contribution is 2.13. The van der Waals surface area contributed by atoms with Crippen LogP contribution in [0.25, 0.3) is 0 Å². The number of anilines is 1. The molecule has 0 fully saturated rings. The van der Waals surface area contributed by atoms with E-state index in [0.717, 1.165) is 0 Å². The van der Waals surface area contributed by atoms with E-state index in [1.54, 1.807) is 30.3 Å². The Balaban J connectivity index is 2.10. The van der Waals surface area contributed by atoms with Crippen LogP contribution in [0.15, 0.2) is 42.7 Å². The van der Waals surface area contributed by atoms with Crippen molar-refractivity contribution in [2.75, 3.05) is 5.32 Å². The van der Waals surface area contributed by atoms with Gasteiger partial charge in [0.1, 0.15) is 6.07 Å². The van der Waals surface area contributed by atoms with Crippen LogP contribution in [0.4, 0.5) is 5.69 Å². The number of primary amides is 1. The quantitative estimate of drug-likeness (QED) is 0.877. The van der Waals surface area contributed by atoms with Gasteiger partial charge in [0.2, 0.25) is 11.8 Å². The van der Waals surface area contributed by atoms with E-state index in [4.69, 9.17) is 11.0 Å². The van der Waals surface area contributed by atoms with Gasteiger partial charge in [-0.3, -0.25) is 14.6 Å². The van der Waals surface area contributed by atoms with Crippen molar-refractivity contribution >= 4 is 17.5 Å². The van der Waals surface area contributed by atoms with Crippen molar-refractivity contribution in [3.8, 4) is 6.07 Å². The summed E-state index contributed by atoms with van der Waals surface area (Å²) in [6.45, 7) is 0. The number of nitrogens with two attached hydrogens (primary N) is 1. The van der Waals surface area contributed by atoms with Crippen molar-refractivity contribution in [2.45, 2.75) is 6.42 Å². The van der Waals surface area contributed by atoms with E-state index in [9.17, 15) is 9.59 Å². The highest BCUT2D eigenvalue weighted by Gasteiger charge is 2.09. The fourth-order valence-electron chi connectivity index (χ4n) is 1.81. The lowest BCUT2D eigenvalue weighted by Gasteiger charge is -2.07. The fraction of sp³-hybridized carbons (Fsp3) is 0.0667. The first-order chi connectivity index (χ1) is 10.1. The van der Waals surface area contributed by atoms with Crippen molar-refractivity contribution in [3.05, 3.63) is 59.4 Å². The topological polar surface area (TPSA) is 109 Å². The average Bonchev–Trinajstić information content (AvgIpc) is 2.48. The molecule has 0 aliphatic rings. The number of nitrogens with zero attached hydrogens (tertiary/aromatic N) is 2. The lowest BCUT2D eigenvalue weighted by Crippen LogP contribution is -2.16. The average molecular weight is 280 g/mol. The maximum absolute atomic E-state index is 12.0. The molecule has 0 saturated carbocycles. The monoisotopic (exact) mass is 280 g/mol. The first kappa shape index (κ1) is 14.2. The molecule has 2 aromatic rings. The molecule has 0 saturated heterocycles. The largest absolute Gasteiger partial charge is 0.366 e. The Kier molecular flexibility index (Phi) is 4.26. The summed E-state index contributed by atoms with van der Waals surface area (Å²) >= 11 is 0. The molecule has 0 spiro atoms. The Labute approximate surface area is 121 Å². The fourth-order valence-corrected chi connectivity index (χ4v) is 1.81. The number of amides is 2. The molecule has 6 heteroatoms. The number of rotatable bonds is 4. The van der Waals surface area contributed by atoms with Crippen molar-refractivity contribution in [1.29, 1.82) is 5.26 Å². The van der Waals surface area contributed by atoms with Crippen molar-refractivity contribution in [2.24, 2.45) is 5.73 Å². The summed E-state index contributed by atoms with van der Waals surface area (Å²) in [6.07, 6.45) is 2.95. The maximum atomic E-state index is 12.0. The van der Waals surface area contributed by atoms with E-state index >= 15 is 0 Å². The number of nitriles is 1. The minimum Gasteiger partial charge on any atom is -0.366 e. The van der Waals surface area contributed by atoms with Crippen LogP contribution in [0.3, 0.4) is 0 Å². The number of hydrogen-bond acceptors (Lipinski definition) is 4. The first-order valence-electron chi connectivity index (χ1n) is 6.13. The zero-order valence-electron chi connectivity index (χ0n) is 11.0. The molecule has 0 aliphatic heterocycles. The zero-order valence-corrected chi connectivity index (χ0v) is 11.0. The zero-order chi connectivity index (χ0) is 15.2. The van der Waals surface area contributed by atoms with E-state index in [2.05, 4.69) is 10.3 Å². The third kappa shape index (κ3) is 3.64. The predicted octanol–water partition coefficient (Wildman–Crippen LogP) is 1.23. The first-order valence-corrected chi connectivity index (χ1v) is 6.13. The van der Waals surface area contributed by atoms with Gasteiger partial charge in [0, 0.05) is 18.0 Å². The van der Waals surface area contributed by atoms with Gasteiger partial charge in [0.15, 0.2) is 0 Å². The van der Waals surface area contributed by atoms with Gasteiger partial charge < -0.3 is 11.1 Å². The van der Waals surface area contributed by atoms with Crippen molar-refractivity contribution < 1.29 is 9.59 Å². The molecule has 0 bridgehead atoms. The molecule has 0 radical (unpaired) electrons. The van der Waals surface area contributed by atoms with E-state index in [1.807, 2.05) is 6.07 Å². The Morgan fingerprint density at radius 3 is 2.86 bits per heavy atom. The number of pyridine rings is 1. The van der Waals surface area contributed by atoms with Crippen LogP contribution in [0.2, 0.25) is 0 Å². The Hall–Kier alpha value is -3.20. The molecule has 2 amide bonds. The molecule has 2 rings (SSSR count). The molecule has 104 valence electrons. The van der Waals surface area contributed by atoms with Crippen LogP contribution in [0.5, 0.6) is 0 Å². The van der Waals surface area contributed by atoms with E-state index in [-0.39, 0.29) is 17.9 Å². The van der Waals surface area contributed by atoms with Gasteiger partial charge in [0.05, 0.1) is 17.7 Å². The molecule has 1 heterocycles. The minimum atomic E-state index is -0.543. The van der Waals surface area contributed by atoms with Gasteiger partial charge in [-0.1, -0.05) is 12.1 Å². The van der Waals surface area contributed by atoms with Crippen LogP contribution in [-0.2, 0) is 11.2 Å². The van der Waals surface area contributed by atoms with E-state index in [0.29, 0.717) is 16.8 Å². The van der Waals surface area contributed by atoms with Crippen molar-refractivity contribution in [3.63, 3.8) is 0 Å². The standard InChI is InChI=1S/C15H12N4O2/c16-8-12-9-18-5-4-13(12)19-14(20)7-10-2-1-3-11(6-10)15(17)21/h1-6,9H,7H2,(H2,17,21)(H,18,19,20). The molecular weight excluding hydrogens is 268 g/mol. The molecule has 0 aliphatic carbocycles. The van der Waals surface area contributed by atoms with Gasteiger partial charge >= 0.3 is 0 Å². The second kappa shape index (κ2) is 6.30. The predicted molar refractivity (Wildman–Crippen MR) is 76.2 cm³/mol. The highest BCUT2D eigenvalue weighted by atomic mass is 16.2. The second-order valence-electron chi connectivity index (χ2n) is 4.32. The summed E-state index contributed by atoms with van der Waals surface area (Å²) in [4.78, 5) is 26.9. The minimum absolute atomic E-state index is 0.0777. The summed E-state index contributed by atoms with van der Waals surface area (Å²) in [5, 5.41) is 11.6. The normalized spacial score (nSPS) is 9.67. The van der Waals surface area contributed by atoms with Crippen molar-refractivity contribution in [1.82, 2.24) is 4.98 Å². The molecule has 1 aromatic heterocycles. The molecule has 0 atom stereocenters. The van der Waals surface area contributed by atoms with Gasteiger partial charge in [-0.15, -0.1) is 0 Å². The summed E-state index contributed by atoms with van der Waals surface area (Å²) in [7, 11) is 0. The van der Waals surface area contributed by atoms with Gasteiger partial charge in [-0.05, 0) is 23.8 Å².